The molecule has 0 aliphatic carbocycles. The number of halogens is 2. The monoisotopic (exact) mass is 373 g/mol. The molecule has 7 heteroatoms. The van der Waals surface area contributed by atoms with E-state index in [1.54, 1.807) is 23.1 Å². The van der Waals surface area contributed by atoms with Gasteiger partial charge in [0.25, 0.3) is 5.91 Å². The van der Waals surface area contributed by atoms with Crippen LogP contribution in [0.25, 0.3) is 0 Å². The van der Waals surface area contributed by atoms with Crippen molar-refractivity contribution in [2.24, 2.45) is 5.92 Å². The Hall–Kier alpha value is -1.30. The number of hydrogen-bond acceptors (Lipinski definition) is 3. The van der Waals surface area contributed by atoms with Gasteiger partial charge in [-0.05, 0) is 37.1 Å². The van der Waals surface area contributed by atoms with E-state index in [9.17, 15) is 9.59 Å². The highest BCUT2D eigenvalue weighted by molar-refractivity contribution is 6.34. The number of benzene rings is 1. The van der Waals surface area contributed by atoms with Gasteiger partial charge in [-0.3, -0.25) is 9.59 Å². The number of carbonyl (C=O) groups excluding carboxylic acids is 2. The maximum absolute atomic E-state index is 12.7. The van der Waals surface area contributed by atoms with E-state index in [2.05, 4.69) is 10.6 Å². The molecule has 134 valence electrons. The molecule has 1 aromatic carbocycles. The summed E-state index contributed by atoms with van der Waals surface area (Å²) < 4.78 is 0. The molecule has 0 spiro atoms. The molecule has 0 saturated carbocycles. The molecule has 0 atom stereocenters. The van der Waals surface area contributed by atoms with Crippen molar-refractivity contribution in [3.63, 3.8) is 0 Å². The summed E-state index contributed by atoms with van der Waals surface area (Å²) in [6.45, 7) is 7.07. The van der Waals surface area contributed by atoms with E-state index in [0.29, 0.717) is 35.8 Å². The maximum Gasteiger partial charge on any atom is 0.255 e. The van der Waals surface area contributed by atoms with Crippen LogP contribution in [0.1, 0.15) is 37.0 Å². The Balaban J connectivity index is 0.00000288. The predicted octanol–water partition coefficient (Wildman–Crippen LogP) is 3.18. The second-order valence-corrected chi connectivity index (χ2v) is 6.64. The molecule has 2 N–H and O–H groups in total. The van der Waals surface area contributed by atoms with Crippen molar-refractivity contribution in [3.05, 3.63) is 28.8 Å². The quantitative estimate of drug-likeness (QED) is 0.851. The molecule has 24 heavy (non-hydrogen) atoms. The molecule has 1 aliphatic rings. The first-order valence-electron chi connectivity index (χ1n) is 8.06. The molecule has 1 fully saturated rings. The average Bonchev–Trinajstić information content (AvgIpc) is 2.76. The SMILES string of the molecule is CC(C)CC(=O)Nc1ccc(Cl)c(C(=O)N2CCCNCC2)c1.Cl. The van der Waals surface area contributed by atoms with Crippen molar-refractivity contribution >= 4 is 41.5 Å². The lowest BCUT2D eigenvalue weighted by atomic mass is 10.1. The Labute approximate surface area is 154 Å². The van der Waals surface area contributed by atoms with Crippen LogP contribution in [0.15, 0.2) is 18.2 Å². The highest BCUT2D eigenvalue weighted by Gasteiger charge is 2.20. The first-order chi connectivity index (χ1) is 11.0. The minimum Gasteiger partial charge on any atom is -0.337 e. The van der Waals surface area contributed by atoms with Gasteiger partial charge in [0.05, 0.1) is 10.6 Å². The normalized spacial score (nSPS) is 14.8. The van der Waals surface area contributed by atoms with Crippen molar-refractivity contribution < 1.29 is 9.59 Å². The van der Waals surface area contributed by atoms with Crippen molar-refractivity contribution in [2.75, 3.05) is 31.5 Å². The molecule has 0 radical (unpaired) electrons. The van der Waals surface area contributed by atoms with Gasteiger partial charge in [-0.15, -0.1) is 12.4 Å². The predicted molar refractivity (Wildman–Crippen MR) is 100 cm³/mol. The molecule has 0 unspecified atom stereocenters. The summed E-state index contributed by atoms with van der Waals surface area (Å²) in [6, 6.07) is 5.05. The second-order valence-electron chi connectivity index (χ2n) is 6.24. The summed E-state index contributed by atoms with van der Waals surface area (Å²) >= 11 is 6.20. The van der Waals surface area contributed by atoms with E-state index >= 15 is 0 Å². The van der Waals surface area contributed by atoms with Gasteiger partial charge in [0, 0.05) is 31.7 Å². The van der Waals surface area contributed by atoms with Gasteiger partial charge < -0.3 is 15.5 Å². The summed E-state index contributed by atoms with van der Waals surface area (Å²) in [6.07, 6.45) is 1.37. The maximum atomic E-state index is 12.7. The van der Waals surface area contributed by atoms with Crippen molar-refractivity contribution in [3.8, 4) is 0 Å². The number of hydrogen-bond donors (Lipinski definition) is 2. The summed E-state index contributed by atoms with van der Waals surface area (Å²) in [5, 5.41) is 6.51. The molecule has 0 aromatic heterocycles. The molecule has 1 saturated heterocycles. The average molecular weight is 374 g/mol. The number of nitrogens with one attached hydrogen (secondary N) is 2. The lowest BCUT2D eigenvalue weighted by molar-refractivity contribution is -0.116. The summed E-state index contributed by atoms with van der Waals surface area (Å²) in [4.78, 5) is 26.4. The third-order valence-electron chi connectivity index (χ3n) is 3.70. The van der Waals surface area contributed by atoms with Crippen LogP contribution >= 0.6 is 24.0 Å². The number of rotatable bonds is 4. The molecular weight excluding hydrogens is 349 g/mol. The Bertz CT molecular complexity index is 571. The van der Waals surface area contributed by atoms with Crippen LogP contribution in [0.3, 0.4) is 0 Å². The standard InChI is InChI=1S/C17H24ClN3O2.ClH/c1-12(2)10-16(22)20-13-4-5-15(18)14(11-13)17(23)21-8-3-6-19-7-9-21;/h4-5,11-12,19H,3,6-10H2,1-2H3,(H,20,22);1H. The molecule has 1 aromatic rings. The van der Waals surface area contributed by atoms with E-state index in [4.69, 9.17) is 11.6 Å². The number of nitrogens with zero attached hydrogens (tertiary/aromatic N) is 1. The van der Waals surface area contributed by atoms with Gasteiger partial charge in [-0.25, -0.2) is 0 Å². The van der Waals surface area contributed by atoms with E-state index in [0.717, 1.165) is 19.5 Å². The first kappa shape index (κ1) is 20.7. The third-order valence-corrected chi connectivity index (χ3v) is 4.03. The Morgan fingerprint density at radius 1 is 1.29 bits per heavy atom. The highest BCUT2D eigenvalue weighted by Crippen LogP contribution is 2.23. The number of carbonyl (C=O) groups is 2. The fourth-order valence-electron chi connectivity index (χ4n) is 2.57. The summed E-state index contributed by atoms with van der Waals surface area (Å²) in [5.41, 5.74) is 1.05. The fraction of sp³-hybridized carbons (Fsp3) is 0.529. The van der Waals surface area contributed by atoms with Crippen LogP contribution in [-0.2, 0) is 4.79 Å². The zero-order valence-electron chi connectivity index (χ0n) is 14.1. The molecule has 1 aliphatic heterocycles. The van der Waals surface area contributed by atoms with Crippen molar-refractivity contribution in [2.45, 2.75) is 26.7 Å². The third kappa shape index (κ3) is 5.96. The minimum atomic E-state index is -0.0846. The molecule has 1 heterocycles. The molecule has 2 rings (SSSR count). The summed E-state index contributed by atoms with van der Waals surface area (Å²) in [7, 11) is 0. The van der Waals surface area contributed by atoms with Crippen molar-refractivity contribution in [1.29, 1.82) is 0 Å². The van der Waals surface area contributed by atoms with Gasteiger partial charge >= 0.3 is 0 Å². The zero-order valence-corrected chi connectivity index (χ0v) is 15.7. The second kappa shape index (κ2) is 9.87. The van der Waals surface area contributed by atoms with Gasteiger partial charge in [0.15, 0.2) is 0 Å². The Kier molecular flexibility index (Phi) is 8.53. The molecule has 0 bridgehead atoms. The van der Waals surface area contributed by atoms with Crippen molar-refractivity contribution in [1.82, 2.24) is 10.2 Å². The van der Waals surface area contributed by atoms with Crippen LogP contribution in [0.5, 0.6) is 0 Å². The smallest absolute Gasteiger partial charge is 0.255 e. The Morgan fingerprint density at radius 3 is 2.75 bits per heavy atom. The Morgan fingerprint density at radius 2 is 2.04 bits per heavy atom. The number of amides is 2. The van der Waals surface area contributed by atoms with Crippen LogP contribution in [0.2, 0.25) is 5.02 Å². The fourth-order valence-corrected chi connectivity index (χ4v) is 2.77. The molecule has 5 nitrogen and oxygen atoms in total. The van der Waals surface area contributed by atoms with Crippen LogP contribution in [0.4, 0.5) is 5.69 Å². The van der Waals surface area contributed by atoms with Gasteiger partial charge in [0.2, 0.25) is 5.91 Å². The molecular formula is C17H25Cl2N3O2. The van der Waals surface area contributed by atoms with Crippen LogP contribution in [-0.4, -0.2) is 42.9 Å². The zero-order chi connectivity index (χ0) is 16.8. The minimum absolute atomic E-state index is 0. The van der Waals surface area contributed by atoms with E-state index in [1.807, 2.05) is 13.8 Å². The van der Waals surface area contributed by atoms with E-state index in [-0.39, 0.29) is 30.1 Å². The first-order valence-corrected chi connectivity index (χ1v) is 8.44. The van der Waals surface area contributed by atoms with Gasteiger partial charge in [-0.2, -0.15) is 0 Å². The van der Waals surface area contributed by atoms with Crippen LogP contribution < -0.4 is 10.6 Å². The molecule has 2 amide bonds. The van der Waals surface area contributed by atoms with E-state index < -0.39 is 0 Å². The topological polar surface area (TPSA) is 61.4 Å². The largest absolute Gasteiger partial charge is 0.337 e. The van der Waals surface area contributed by atoms with Gasteiger partial charge in [0.1, 0.15) is 0 Å². The lowest BCUT2D eigenvalue weighted by Gasteiger charge is -2.21. The summed E-state index contributed by atoms with van der Waals surface area (Å²) in [5.74, 6) is 0.145. The van der Waals surface area contributed by atoms with E-state index in [1.165, 1.54) is 0 Å². The van der Waals surface area contributed by atoms with Gasteiger partial charge in [-0.1, -0.05) is 25.4 Å². The highest BCUT2D eigenvalue weighted by atomic mass is 35.5. The van der Waals surface area contributed by atoms with Crippen LogP contribution in [0, 0.1) is 5.92 Å². The lowest BCUT2D eigenvalue weighted by Crippen LogP contribution is -2.34. The number of anilines is 1.